The summed E-state index contributed by atoms with van der Waals surface area (Å²) in [5, 5.41) is 43.7. The molecule has 0 fully saturated rings. The molecule has 4 heterocycles. The molecule has 1 aliphatic carbocycles. The Hall–Kier alpha value is -10.1. The van der Waals surface area contributed by atoms with Gasteiger partial charge in [-0.25, -0.2) is 29.1 Å². The first-order valence-corrected chi connectivity index (χ1v) is 24.2. The molecule has 12 nitrogen and oxygen atoms in total. The topological polar surface area (TPSA) is 207 Å². The number of hydrogen-bond donors (Lipinski definition) is 6. The number of nitrogens with one attached hydrogen (secondary N) is 2. The molecular weight excluding hydrogens is 1060 g/mol. The summed E-state index contributed by atoms with van der Waals surface area (Å²) in [5.41, 5.74) is 13.8. The normalized spacial score (nSPS) is 11.4. The Morgan fingerprint density at radius 3 is 0.675 bits per heavy atom. The minimum Gasteiger partial charge on any atom is -0.478 e. The van der Waals surface area contributed by atoms with Gasteiger partial charge in [-0.2, -0.15) is 0 Å². The first-order valence-electron chi connectivity index (χ1n) is 24.2. The molecule has 0 amide bonds. The molecule has 0 unspecified atom stereocenters. The van der Waals surface area contributed by atoms with E-state index >= 15 is 0 Å². The van der Waals surface area contributed by atoms with E-state index in [0.717, 1.165) is 43.8 Å². The Bertz CT molecular complexity index is 3940. The summed E-state index contributed by atoms with van der Waals surface area (Å²) in [6.07, 6.45) is 0. The van der Waals surface area contributed by atoms with Crippen LogP contribution in [-0.2, 0) is 20.4 Å². The van der Waals surface area contributed by atoms with Crippen LogP contribution in [-0.4, -0.2) is 64.2 Å². The Morgan fingerprint density at radius 1 is 0.286 bits per heavy atom. The monoisotopic (exact) mass is 1100 g/mol. The van der Waals surface area contributed by atoms with Crippen molar-refractivity contribution in [2.75, 3.05) is 0 Å². The summed E-state index contributed by atoms with van der Waals surface area (Å²) in [6, 6.07) is 58.5. The van der Waals surface area contributed by atoms with Crippen molar-refractivity contribution in [3.8, 4) is 89.5 Å². The number of carboxylic acids is 4. The van der Waals surface area contributed by atoms with Gasteiger partial charge in [-0.1, -0.05) is 146 Å². The van der Waals surface area contributed by atoms with E-state index < -0.39 is 23.9 Å². The number of rotatable bonds is 8. The van der Waals surface area contributed by atoms with Gasteiger partial charge >= 0.3 is 23.9 Å². The fourth-order valence-electron chi connectivity index (χ4n) is 10.9. The van der Waals surface area contributed by atoms with Crippen LogP contribution in [0, 0.1) is 0 Å². The third kappa shape index (κ3) is 7.80. The predicted octanol–water partition coefficient (Wildman–Crippen LogP) is 14.7. The fraction of sp³-hybridized carbons (Fsp3) is 0. The number of hydrogen-bond acceptors (Lipinski definition) is 6. The second kappa shape index (κ2) is 18.7. The zero-order valence-electron chi connectivity index (χ0n) is 40.1. The van der Waals surface area contributed by atoms with Crippen molar-refractivity contribution in [3.05, 3.63) is 216 Å². The van der Waals surface area contributed by atoms with Crippen LogP contribution < -0.4 is 0 Å². The number of nitrogens with zero attached hydrogens (tertiary/aromatic N) is 2. The van der Waals surface area contributed by atoms with Gasteiger partial charge in [0.05, 0.1) is 67.1 Å². The fourth-order valence-corrected chi connectivity index (χ4v) is 10.9. The van der Waals surface area contributed by atoms with Gasteiger partial charge in [-0.15, -0.1) is 0 Å². The van der Waals surface area contributed by atoms with Gasteiger partial charge in [0.15, 0.2) is 0 Å². The molecule has 13 rings (SSSR count). The molecular formula is C64H38N4O8Pd. The number of aromatic carboxylic acids is 4. The molecule has 0 radical (unpaired) electrons. The van der Waals surface area contributed by atoms with Gasteiger partial charge in [0, 0.05) is 86.5 Å². The SMILES string of the molecule is O=C(O)c1ccc(-c2c3nc(c(-c4ccc(C(=O)O)cc4)c4[nH]c(c(-c5ccc(C(=O)O)cc5)c5nc(c(-c6ccc(C(=O)O)cc6)c6[nH]c2c2ccccc62)-c2ccccc2-5)c2ccccc42)-c2ccccc2-3)cc1.[Pd]. The van der Waals surface area contributed by atoms with Gasteiger partial charge in [0.2, 0.25) is 0 Å². The second-order valence-corrected chi connectivity index (χ2v) is 18.6. The van der Waals surface area contributed by atoms with E-state index in [4.69, 9.17) is 9.97 Å². The Kier molecular flexibility index (Phi) is 11.6. The number of H-pyrrole nitrogens is 2. The molecule has 0 spiro atoms. The first kappa shape index (κ1) is 47.9. The molecule has 0 saturated carbocycles. The maximum atomic E-state index is 12.4. The van der Waals surface area contributed by atoms with Crippen LogP contribution >= 0.6 is 0 Å². The molecule has 77 heavy (non-hydrogen) atoms. The van der Waals surface area contributed by atoms with E-state index in [1.807, 2.05) is 97.1 Å². The Morgan fingerprint density at radius 2 is 0.481 bits per heavy atom. The van der Waals surface area contributed by atoms with Crippen LogP contribution in [0.1, 0.15) is 41.4 Å². The van der Waals surface area contributed by atoms with Gasteiger partial charge in [0.1, 0.15) is 0 Å². The minimum absolute atomic E-state index is 0. The molecule has 0 saturated heterocycles. The van der Waals surface area contributed by atoms with Gasteiger partial charge in [0.25, 0.3) is 0 Å². The summed E-state index contributed by atoms with van der Waals surface area (Å²) in [5.74, 6) is -4.31. The van der Waals surface area contributed by atoms with Crippen LogP contribution in [0.5, 0.6) is 0 Å². The summed E-state index contributed by atoms with van der Waals surface area (Å²) >= 11 is 0. The molecule has 6 N–H and O–H groups in total. The van der Waals surface area contributed by atoms with Crippen LogP contribution in [0.4, 0.5) is 0 Å². The number of aromatic amines is 2. The molecule has 0 atom stereocenters. The summed E-state index contributed by atoms with van der Waals surface area (Å²) in [4.78, 5) is 68.7. The third-order valence-electron chi connectivity index (χ3n) is 14.4. The zero-order valence-corrected chi connectivity index (χ0v) is 41.7. The van der Waals surface area contributed by atoms with Gasteiger partial charge in [-0.3, -0.25) is 0 Å². The number of benzene rings is 8. The van der Waals surface area contributed by atoms with E-state index in [-0.39, 0.29) is 42.7 Å². The van der Waals surface area contributed by atoms with Crippen LogP contribution in [0.3, 0.4) is 0 Å². The minimum atomic E-state index is -1.08. The number of carboxylic acid groups (broad SMARTS) is 4. The molecule has 2 aromatic heterocycles. The van der Waals surface area contributed by atoms with Gasteiger partial charge < -0.3 is 30.4 Å². The third-order valence-corrected chi connectivity index (χ3v) is 14.4. The largest absolute Gasteiger partial charge is 0.478 e. The molecule has 2 aliphatic heterocycles. The Labute approximate surface area is 450 Å². The van der Waals surface area contributed by atoms with E-state index in [1.54, 1.807) is 97.1 Å². The first-order chi connectivity index (χ1) is 37.0. The van der Waals surface area contributed by atoms with Crippen molar-refractivity contribution in [1.29, 1.82) is 0 Å². The standard InChI is InChI=1S/C64H38N4O8.Pd/c69-61(70)37-25-17-33(18-26-37)49-53-41-9-1-2-10-42(41)54(65-53)50(34-19-27-38(28-20-34)62(71)72)56-45-13-5-6-14-46(45)58(67-56)52(36-23-31-40(32-24-36)64(75)76)60-48-16-8-7-15-47(48)59(68-60)51(35-21-29-39(30-22-35)63(73)74)57-44-12-4-3-11-43(44)55(49)66-57;/h1-32,65,68H,(H,69,70)(H,71,72)(H,73,74)(H,75,76);. The second-order valence-electron chi connectivity index (χ2n) is 18.6. The van der Waals surface area contributed by atoms with Crippen molar-refractivity contribution in [2.45, 2.75) is 0 Å². The molecule has 8 aromatic carbocycles. The Balaban J connectivity index is 0.00000596. The van der Waals surface area contributed by atoms with Crippen LogP contribution in [0.25, 0.3) is 133 Å². The van der Waals surface area contributed by atoms with Crippen LogP contribution in [0.2, 0.25) is 0 Å². The van der Waals surface area contributed by atoms with E-state index in [9.17, 15) is 39.6 Å². The average Bonchev–Trinajstić information content (AvgIpc) is 4.33. The van der Waals surface area contributed by atoms with E-state index in [2.05, 4.69) is 9.97 Å². The van der Waals surface area contributed by atoms with Gasteiger partial charge in [-0.05, 0) is 70.8 Å². The molecule has 372 valence electrons. The maximum Gasteiger partial charge on any atom is 0.335 e. The predicted molar refractivity (Wildman–Crippen MR) is 294 cm³/mol. The van der Waals surface area contributed by atoms with E-state index in [1.165, 1.54) is 0 Å². The van der Waals surface area contributed by atoms with Crippen molar-refractivity contribution < 1.29 is 60.0 Å². The number of carbonyl (C=O) groups is 4. The molecule has 3 aliphatic rings. The summed E-state index contributed by atoms with van der Waals surface area (Å²) in [6.45, 7) is 0. The molecule has 10 aromatic rings. The van der Waals surface area contributed by atoms with Crippen molar-refractivity contribution >= 4 is 67.5 Å². The quantitative estimate of drug-likeness (QED) is 0.0794. The summed E-state index contributed by atoms with van der Waals surface area (Å²) < 4.78 is 0. The van der Waals surface area contributed by atoms with E-state index in [0.29, 0.717) is 89.4 Å². The van der Waals surface area contributed by atoms with Crippen molar-refractivity contribution in [3.63, 3.8) is 0 Å². The average molecular weight is 1100 g/mol. The zero-order chi connectivity index (χ0) is 51.9. The van der Waals surface area contributed by atoms with Crippen molar-refractivity contribution in [2.24, 2.45) is 0 Å². The smallest absolute Gasteiger partial charge is 0.335 e. The summed E-state index contributed by atoms with van der Waals surface area (Å²) in [7, 11) is 0. The molecule has 13 heteroatoms. The number of aromatic nitrogens is 4. The van der Waals surface area contributed by atoms with Crippen molar-refractivity contribution in [1.82, 2.24) is 19.9 Å². The van der Waals surface area contributed by atoms with Crippen LogP contribution in [0.15, 0.2) is 194 Å². The molecule has 8 bridgehead atoms. The maximum absolute atomic E-state index is 12.4.